The van der Waals surface area contributed by atoms with Crippen molar-refractivity contribution in [3.05, 3.63) is 71.6 Å². The Bertz CT molecular complexity index is 855. The smallest absolute Gasteiger partial charge is 0.261 e. The van der Waals surface area contributed by atoms with Gasteiger partial charge < -0.3 is 0 Å². The second kappa shape index (κ2) is 15.7. The number of nitrogens with zero attached hydrogens (tertiary/aromatic N) is 4. The molecule has 2 aliphatic rings. The summed E-state index contributed by atoms with van der Waals surface area (Å²) in [4.78, 5) is 25.8. The molecule has 0 fully saturated rings. The fourth-order valence-corrected chi connectivity index (χ4v) is 3.30. The molecular formula is C26H38N4O2. The van der Waals surface area contributed by atoms with E-state index in [1.807, 2.05) is 58.2 Å². The minimum Gasteiger partial charge on any atom is -0.275 e. The minimum absolute atomic E-state index is 0.0874. The molecule has 1 aromatic heterocycles. The molecule has 0 unspecified atom stereocenters. The number of hydrogen-bond donors (Lipinski definition) is 0. The third-order valence-corrected chi connectivity index (χ3v) is 4.83. The lowest BCUT2D eigenvalue weighted by molar-refractivity contribution is -0.137. The van der Waals surface area contributed by atoms with Gasteiger partial charge in [0.1, 0.15) is 0 Å². The van der Waals surface area contributed by atoms with Crippen molar-refractivity contribution >= 4 is 11.8 Å². The first-order valence-electron chi connectivity index (χ1n) is 11.8. The lowest BCUT2D eigenvalue weighted by atomic mass is 10.00. The van der Waals surface area contributed by atoms with E-state index in [4.69, 9.17) is 0 Å². The van der Waals surface area contributed by atoms with E-state index in [2.05, 4.69) is 29.4 Å². The number of rotatable bonds is 6. The van der Waals surface area contributed by atoms with E-state index in [1.165, 1.54) is 10.5 Å². The van der Waals surface area contributed by atoms with E-state index in [9.17, 15) is 9.59 Å². The van der Waals surface area contributed by atoms with Crippen molar-refractivity contribution in [1.82, 2.24) is 19.9 Å². The summed E-state index contributed by atoms with van der Waals surface area (Å²) in [7, 11) is 0. The van der Waals surface area contributed by atoms with Crippen molar-refractivity contribution in [2.45, 2.75) is 73.3 Å². The van der Waals surface area contributed by atoms with Gasteiger partial charge in [-0.2, -0.15) is 0 Å². The molecule has 0 spiro atoms. The summed E-state index contributed by atoms with van der Waals surface area (Å²) in [6, 6.07) is 10.3. The van der Waals surface area contributed by atoms with Gasteiger partial charge in [0.15, 0.2) is 0 Å². The molecule has 0 saturated heterocycles. The Morgan fingerprint density at radius 3 is 2.16 bits per heavy atom. The fourth-order valence-electron chi connectivity index (χ4n) is 3.30. The molecule has 174 valence electrons. The van der Waals surface area contributed by atoms with Crippen LogP contribution in [0.1, 0.15) is 65.4 Å². The second-order valence-electron chi connectivity index (χ2n) is 6.98. The van der Waals surface area contributed by atoms with E-state index < -0.39 is 0 Å². The number of aromatic nitrogens is 3. The maximum atomic E-state index is 12.2. The van der Waals surface area contributed by atoms with Crippen LogP contribution in [0.15, 0.2) is 66.0 Å². The molecule has 0 saturated carbocycles. The molecule has 0 radical (unpaired) electrons. The minimum atomic E-state index is -0.123. The van der Waals surface area contributed by atoms with Crippen molar-refractivity contribution in [2.75, 3.05) is 6.54 Å². The van der Waals surface area contributed by atoms with Crippen molar-refractivity contribution in [3.63, 3.8) is 0 Å². The maximum Gasteiger partial charge on any atom is 0.261 e. The maximum absolute atomic E-state index is 12.2. The first-order valence-corrected chi connectivity index (χ1v) is 11.8. The molecule has 0 atom stereocenters. The lowest BCUT2D eigenvalue weighted by Crippen LogP contribution is -2.32. The number of amides is 2. The number of benzene rings is 1. The normalized spacial score (nSPS) is 14.0. The van der Waals surface area contributed by atoms with Crippen LogP contribution in [0.5, 0.6) is 0 Å². The molecule has 0 N–H and O–H groups in total. The first kappa shape index (κ1) is 27.0. The molecule has 2 amide bonds. The van der Waals surface area contributed by atoms with Gasteiger partial charge in [-0.15, -0.1) is 5.10 Å². The highest BCUT2D eigenvalue weighted by molar-refractivity contribution is 6.20. The van der Waals surface area contributed by atoms with Crippen LogP contribution in [0.25, 0.3) is 0 Å². The quantitative estimate of drug-likeness (QED) is 0.440. The van der Waals surface area contributed by atoms with Crippen LogP contribution in [-0.4, -0.2) is 38.3 Å². The molecule has 1 aliphatic heterocycles. The van der Waals surface area contributed by atoms with Crippen LogP contribution in [0.4, 0.5) is 0 Å². The molecule has 0 bridgehead atoms. The summed E-state index contributed by atoms with van der Waals surface area (Å²) in [6.45, 7) is 11.4. The number of carbonyl (C=O) groups excluding carboxylic acids is 2. The number of imide groups is 1. The van der Waals surface area contributed by atoms with Crippen LogP contribution in [0, 0.1) is 6.92 Å². The number of unbranched alkanes of at least 4 members (excludes halogenated alkanes) is 2. The van der Waals surface area contributed by atoms with Gasteiger partial charge in [-0.3, -0.25) is 19.2 Å². The zero-order chi connectivity index (χ0) is 23.8. The molecule has 6 heteroatoms. The van der Waals surface area contributed by atoms with Gasteiger partial charge in [0.05, 0.1) is 6.20 Å². The Labute approximate surface area is 193 Å². The van der Waals surface area contributed by atoms with Crippen LogP contribution in [-0.2, 0) is 16.1 Å². The van der Waals surface area contributed by atoms with Crippen molar-refractivity contribution in [2.24, 2.45) is 0 Å². The highest BCUT2D eigenvalue weighted by Crippen LogP contribution is 2.29. The fraction of sp³-hybridized carbons (Fsp3) is 0.462. The number of carbonyl (C=O) groups is 2. The SMILES string of the molecule is CC.CC.Cc1ccccc1.O=C1C2=C(CCC=C2)C(=O)N1CCCCCn1ccnn1. The van der Waals surface area contributed by atoms with Crippen molar-refractivity contribution in [3.8, 4) is 0 Å². The van der Waals surface area contributed by atoms with Gasteiger partial charge in [-0.05, 0) is 39.0 Å². The zero-order valence-electron chi connectivity index (χ0n) is 20.3. The summed E-state index contributed by atoms with van der Waals surface area (Å²) in [5, 5.41) is 7.65. The van der Waals surface area contributed by atoms with E-state index in [0.717, 1.165) is 32.2 Å². The molecule has 6 nitrogen and oxygen atoms in total. The van der Waals surface area contributed by atoms with Crippen molar-refractivity contribution in [1.29, 1.82) is 0 Å². The van der Waals surface area contributed by atoms with Gasteiger partial charge in [-0.1, -0.05) is 81.0 Å². The Kier molecular flexibility index (Phi) is 13.3. The van der Waals surface area contributed by atoms with Gasteiger partial charge in [0, 0.05) is 30.4 Å². The molecule has 4 rings (SSSR count). The third-order valence-electron chi connectivity index (χ3n) is 4.83. The number of hydrogen-bond acceptors (Lipinski definition) is 4. The lowest BCUT2D eigenvalue weighted by Gasteiger charge is -2.14. The van der Waals surface area contributed by atoms with Gasteiger partial charge >= 0.3 is 0 Å². The number of allylic oxidation sites excluding steroid dienone is 1. The Morgan fingerprint density at radius 1 is 0.906 bits per heavy atom. The molecular weight excluding hydrogens is 400 g/mol. The highest BCUT2D eigenvalue weighted by Gasteiger charge is 2.36. The van der Waals surface area contributed by atoms with E-state index in [-0.39, 0.29) is 11.8 Å². The average molecular weight is 439 g/mol. The average Bonchev–Trinajstić information content (AvgIpc) is 3.45. The van der Waals surface area contributed by atoms with E-state index in [0.29, 0.717) is 24.1 Å². The summed E-state index contributed by atoms with van der Waals surface area (Å²) >= 11 is 0. The Hall–Kier alpha value is -3.02. The van der Waals surface area contributed by atoms with Crippen LogP contribution in [0.2, 0.25) is 0 Å². The first-order chi connectivity index (χ1) is 15.7. The zero-order valence-corrected chi connectivity index (χ0v) is 20.3. The highest BCUT2D eigenvalue weighted by atomic mass is 16.2. The summed E-state index contributed by atoms with van der Waals surface area (Å²) in [5.74, 6) is -0.210. The molecule has 1 aromatic carbocycles. The van der Waals surface area contributed by atoms with Crippen LogP contribution in [0.3, 0.4) is 0 Å². The summed E-state index contributed by atoms with van der Waals surface area (Å²) in [6.07, 6.45) is 11.5. The van der Waals surface area contributed by atoms with Crippen LogP contribution >= 0.6 is 0 Å². The van der Waals surface area contributed by atoms with E-state index in [1.54, 1.807) is 17.0 Å². The Morgan fingerprint density at radius 2 is 1.59 bits per heavy atom. The van der Waals surface area contributed by atoms with E-state index >= 15 is 0 Å². The predicted molar refractivity (Wildman–Crippen MR) is 130 cm³/mol. The topological polar surface area (TPSA) is 68.1 Å². The standard InChI is InChI=1S/C15H18N4O2.C7H8.2C2H6/c20-14-12-6-2-3-7-13(12)15(21)19(14)10-5-1-4-9-18-11-8-16-17-18;1-7-5-3-2-4-6-7;2*1-2/h2,6,8,11H,1,3-5,7,9-10H2;2-6H,1H3;2*1-2H3. The summed E-state index contributed by atoms with van der Waals surface area (Å²) < 4.78 is 1.79. The molecule has 32 heavy (non-hydrogen) atoms. The Balaban J connectivity index is 0.000000390. The summed E-state index contributed by atoms with van der Waals surface area (Å²) in [5.41, 5.74) is 2.63. The second-order valence-corrected chi connectivity index (χ2v) is 6.98. The monoisotopic (exact) mass is 438 g/mol. The number of aryl methyl sites for hydroxylation is 2. The van der Waals surface area contributed by atoms with Crippen molar-refractivity contribution < 1.29 is 9.59 Å². The third kappa shape index (κ3) is 8.25. The van der Waals surface area contributed by atoms with Gasteiger partial charge in [0.25, 0.3) is 11.8 Å². The molecule has 1 aliphatic carbocycles. The largest absolute Gasteiger partial charge is 0.275 e. The van der Waals surface area contributed by atoms with Crippen LogP contribution < -0.4 is 0 Å². The molecule has 2 heterocycles. The molecule has 2 aromatic rings. The van der Waals surface area contributed by atoms with Gasteiger partial charge in [0.2, 0.25) is 0 Å². The van der Waals surface area contributed by atoms with Gasteiger partial charge in [-0.25, -0.2) is 0 Å². The predicted octanol–water partition coefficient (Wildman–Crippen LogP) is 5.51.